The van der Waals surface area contributed by atoms with Gasteiger partial charge in [0, 0.05) is 37.1 Å². The van der Waals surface area contributed by atoms with Crippen molar-refractivity contribution in [3.8, 4) is 17.4 Å². The van der Waals surface area contributed by atoms with Crippen molar-refractivity contribution in [2.45, 2.75) is 19.5 Å². The van der Waals surface area contributed by atoms with E-state index >= 15 is 0 Å². The number of ether oxygens (including phenoxy) is 3. The minimum atomic E-state index is -4.64. The number of hydrogen-bond donors (Lipinski definition) is 2. The van der Waals surface area contributed by atoms with Crippen LogP contribution in [0.25, 0.3) is 10.9 Å². The van der Waals surface area contributed by atoms with Gasteiger partial charge in [-0.3, -0.25) is 0 Å². The van der Waals surface area contributed by atoms with Gasteiger partial charge in [0.15, 0.2) is 0 Å². The highest BCUT2D eigenvalue weighted by atomic mass is 35.5. The van der Waals surface area contributed by atoms with Crippen molar-refractivity contribution in [1.82, 2.24) is 9.97 Å². The first-order valence-corrected chi connectivity index (χ1v) is 12.3. The quantitative estimate of drug-likeness (QED) is 0.195. The van der Waals surface area contributed by atoms with Crippen LogP contribution in [0, 0.1) is 0 Å². The zero-order chi connectivity index (χ0) is 27.8. The van der Waals surface area contributed by atoms with E-state index in [2.05, 4.69) is 20.6 Å². The molecule has 0 saturated heterocycles. The number of amides is 2. The van der Waals surface area contributed by atoms with E-state index in [9.17, 15) is 18.0 Å². The Bertz CT molecular complexity index is 1440. The molecule has 0 atom stereocenters. The smallest absolute Gasteiger partial charge is 0.417 e. The number of halogens is 4. The van der Waals surface area contributed by atoms with Crippen molar-refractivity contribution in [2.75, 3.05) is 30.5 Å². The van der Waals surface area contributed by atoms with Gasteiger partial charge >= 0.3 is 12.2 Å². The van der Waals surface area contributed by atoms with Crippen LogP contribution in [0.15, 0.2) is 67.0 Å². The highest BCUT2D eigenvalue weighted by Crippen LogP contribution is 2.36. The summed E-state index contributed by atoms with van der Waals surface area (Å²) in [4.78, 5) is 20.8. The van der Waals surface area contributed by atoms with E-state index in [1.807, 2.05) is 19.1 Å². The maximum atomic E-state index is 13.0. The summed E-state index contributed by atoms with van der Waals surface area (Å²) < 4.78 is 56.1. The monoisotopic (exact) mass is 560 g/mol. The van der Waals surface area contributed by atoms with Gasteiger partial charge in [0.1, 0.15) is 17.8 Å². The number of carbonyl (C=O) groups excluding carboxylic acids is 1. The molecule has 0 spiro atoms. The first-order chi connectivity index (χ1) is 18.7. The first-order valence-electron chi connectivity index (χ1n) is 11.9. The van der Waals surface area contributed by atoms with Crippen LogP contribution < -0.4 is 20.1 Å². The van der Waals surface area contributed by atoms with E-state index in [-0.39, 0.29) is 5.69 Å². The minimum absolute atomic E-state index is 0.0566. The number of benzene rings is 3. The third-order valence-corrected chi connectivity index (χ3v) is 5.66. The van der Waals surface area contributed by atoms with Gasteiger partial charge in [-0.2, -0.15) is 13.2 Å². The Morgan fingerprint density at radius 3 is 2.38 bits per heavy atom. The molecule has 0 saturated carbocycles. The fourth-order valence-corrected chi connectivity index (χ4v) is 3.73. The van der Waals surface area contributed by atoms with Crippen molar-refractivity contribution >= 4 is 39.9 Å². The number of carbonyl (C=O) groups is 1. The Balaban J connectivity index is 1.36. The predicted octanol–water partition coefficient (Wildman–Crippen LogP) is 7.54. The summed E-state index contributed by atoms with van der Waals surface area (Å²) >= 11 is 5.61. The molecule has 4 rings (SSSR count). The molecule has 12 heteroatoms. The highest BCUT2D eigenvalue weighted by molar-refractivity contribution is 6.31. The lowest BCUT2D eigenvalue weighted by atomic mass is 10.2. The van der Waals surface area contributed by atoms with Gasteiger partial charge in [-0.05, 0) is 61.5 Å². The summed E-state index contributed by atoms with van der Waals surface area (Å²) in [5.41, 5.74) is -0.0578. The number of aromatic nitrogens is 2. The molecule has 0 aliphatic carbocycles. The van der Waals surface area contributed by atoms with E-state index in [4.69, 9.17) is 25.8 Å². The maximum absolute atomic E-state index is 13.0. The van der Waals surface area contributed by atoms with Crippen LogP contribution in [-0.2, 0) is 10.9 Å². The third kappa shape index (κ3) is 7.71. The molecule has 0 aliphatic heterocycles. The zero-order valence-corrected chi connectivity index (χ0v) is 21.5. The Hall–Kier alpha value is -4.09. The lowest BCUT2D eigenvalue weighted by Crippen LogP contribution is -2.19. The van der Waals surface area contributed by atoms with Gasteiger partial charge in [-0.1, -0.05) is 11.6 Å². The molecule has 8 nitrogen and oxygen atoms in total. The van der Waals surface area contributed by atoms with E-state index < -0.39 is 22.8 Å². The average Bonchev–Trinajstić information content (AvgIpc) is 2.90. The van der Waals surface area contributed by atoms with Crippen LogP contribution in [0.2, 0.25) is 5.02 Å². The standard InChI is InChI=1S/C27H24ClF3N4O4/c1-2-37-12-3-13-38-20-9-10-21-24(15-20)32-16-33-25(21)39-19-7-4-17(5-8-19)34-26(36)35-18-6-11-23(28)22(14-18)27(29,30)31/h4-11,14-16H,2-3,12-13H2,1H3,(H2,34,35,36). The molecule has 2 N–H and O–H groups in total. The molecule has 0 aliphatic rings. The molecule has 1 aromatic heterocycles. The number of urea groups is 1. The van der Waals surface area contributed by atoms with Gasteiger partial charge < -0.3 is 24.8 Å². The lowest BCUT2D eigenvalue weighted by molar-refractivity contribution is -0.137. The van der Waals surface area contributed by atoms with Gasteiger partial charge in [-0.25, -0.2) is 14.8 Å². The summed E-state index contributed by atoms with van der Waals surface area (Å²) in [6.45, 7) is 3.77. The average molecular weight is 561 g/mol. The zero-order valence-electron chi connectivity index (χ0n) is 20.7. The van der Waals surface area contributed by atoms with Crippen LogP contribution >= 0.6 is 11.6 Å². The largest absolute Gasteiger partial charge is 0.493 e. The van der Waals surface area contributed by atoms with E-state index in [0.29, 0.717) is 53.8 Å². The Morgan fingerprint density at radius 2 is 1.64 bits per heavy atom. The highest BCUT2D eigenvalue weighted by Gasteiger charge is 2.33. The first kappa shape index (κ1) is 27.9. The second kappa shape index (κ2) is 12.6. The van der Waals surface area contributed by atoms with E-state index in [1.54, 1.807) is 30.3 Å². The molecule has 0 radical (unpaired) electrons. The van der Waals surface area contributed by atoms with Crippen LogP contribution in [0.5, 0.6) is 17.4 Å². The number of anilines is 2. The van der Waals surface area contributed by atoms with Crippen molar-refractivity contribution in [1.29, 1.82) is 0 Å². The molecule has 1 heterocycles. The molecular formula is C27H24ClF3N4O4. The normalized spacial score (nSPS) is 11.3. The van der Waals surface area contributed by atoms with Crippen molar-refractivity contribution < 1.29 is 32.2 Å². The number of nitrogens with zero attached hydrogens (tertiary/aromatic N) is 2. The van der Waals surface area contributed by atoms with Crippen molar-refractivity contribution in [3.63, 3.8) is 0 Å². The Labute approximate surface area is 227 Å². The second-order valence-corrected chi connectivity index (χ2v) is 8.56. The number of fused-ring (bicyclic) bond motifs is 1. The summed E-state index contributed by atoms with van der Waals surface area (Å²) in [6.07, 6.45) is -2.48. The van der Waals surface area contributed by atoms with E-state index in [1.165, 1.54) is 12.4 Å². The van der Waals surface area contributed by atoms with Crippen molar-refractivity contribution in [2.24, 2.45) is 0 Å². The van der Waals surface area contributed by atoms with Crippen LogP contribution in [0.1, 0.15) is 18.9 Å². The van der Waals surface area contributed by atoms with Gasteiger partial charge in [0.05, 0.1) is 28.1 Å². The van der Waals surface area contributed by atoms with Crippen LogP contribution in [-0.4, -0.2) is 35.8 Å². The Kier molecular flexibility index (Phi) is 9.05. The molecule has 204 valence electrons. The minimum Gasteiger partial charge on any atom is -0.493 e. The second-order valence-electron chi connectivity index (χ2n) is 8.15. The predicted molar refractivity (Wildman–Crippen MR) is 142 cm³/mol. The summed E-state index contributed by atoms with van der Waals surface area (Å²) in [5, 5.41) is 5.13. The molecule has 0 unspecified atom stereocenters. The molecule has 4 aromatic rings. The molecule has 2 amide bonds. The molecule has 0 bridgehead atoms. The summed E-state index contributed by atoms with van der Waals surface area (Å²) in [5.74, 6) is 1.46. The fraction of sp³-hybridized carbons (Fsp3) is 0.222. The number of hydrogen-bond acceptors (Lipinski definition) is 6. The molecule has 0 fully saturated rings. The molecular weight excluding hydrogens is 537 g/mol. The topological polar surface area (TPSA) is 94.6 Å². The van der Waals surface area contributed by atoms with Gasteiger partial charge in [-0.15, -0.1) is 0 Å². The van der Waals surface area contributed by atoms with Crippen LogP contribution in [0.4, 0.5) is 29.3 Å². The SMILES string of the molecule is CCOCCCOc1ccc2c(Oc3ccc(NC(=O)Nc4ccc(Cl)c(C(F)(F)F)c4)cc3)ncnc2c1. The maximum Gasteiger partial charge on any atom is 0.417 e. The van der Waals surface area contributed by atoms with Gasteiger partial charge in [0.2, 0.25) is 5.88 Å². The number of alkyl halides is 3. The molecule has 39 heavy (non-hydrogen) atoms. The lowest BCUT2D eigenvalue weighted by Gasteiger charge is -2.13. The third-order valence-electron chi connectivity index (χ3n) is 5.33. The van der Waals surface area contributed by atoms with E-state index in [0.717, 1.165) is 18.6 Å². The summed E-state index contributed by atoms with van der Waals surface area (Å²) in [7, 11) is 0. The number of nitrogens with one attached hydrogen (secondary N) is 2. The fourth-order valence-electron chi connectivity index (χ4n) is 3.51. The van der Waals surface area contributed by atoms with Crippen molar-refractivity contribution in [3.05, 3.63) is 77.6 Å². The number of rotatable bonds is 10. The van der Waals surface area contributed by atoms with Gasteiger partial charge in [0.25, 0.3) is 0 Å². The summed E-state index contributed by atoms with van der Waals surface area (Å²) in [6, 6.07) is 14.2. The van der Waals surface area contributed by atoms with Crippen LogP contribution in [0.3, 0.4) is 0 Å². The Morgan fingerprint density at radius 1 is 0.923 bits per heavy atom. The molecule has 3 aromatic carbocycles.